The molecule has 172 valence electrons. The Balaban J connectivity index is 1.47. The average Bonchev–Trinajstić information content (AvgIpc) is 3.25. The van der Waals surface area contributed by atoms with Gasteiger partial charge in [-0.1, -0.05) is 24.0 Å². The molecule has 2 heterocycles. The first-order valence-electron chi connectivity index (χ1n) is 11.2. The minimum absolute atomic E-state index is 0.179. The molecule has 0 radical (unpaired) electrons. The molecule has 1 aromatic heterocycles. The van der Waals surface area contributed by atoms with E-state index >= 15 is 0 Å². The molecule has 5 rings (SSSR count). The van der Waals surface area contributed by atoms with Gasteiger partial charge in [0.2, 0.25) is 5.91 Å². The monoisotopic (exact) mass is 456 g/mol. The maximum Gasteiger partial charge on any atom is 0.251 e. The Morgan fingerprint density at radius 3 is 2.53 bits per heavy atom. The largest absolute Gasteiger partial charge is 0.386 e. The standard InChI is InChI=1S/C27H25FN4O2/c1-14-23(29-4)16(3)30-24(14)20-11-12-27(20)21-13-18(7-10-22(21)32-26(27)34)25(33)31-15(2)17-5-8-19(28)9-6-17/h5-10,13,15,20,29-30H,1-4H3,(H,31,33)(H,32,34). The van der Waals surface area contributed by atoms with Gasteiger partial charge in [-0.25, -0.2) is 4.39 Å². The van der Waals surface area contributed by atoms with Gasteiger partial charge in [0.1, 0.15) is 5.82 Å². The molecule has 0 fully saturated rings. The summed E-state index contributed by atoms with van der Waals surface area (Å²) in [6.07, 6.45) is 0. The van der Waals surface area contributed by atoms with E-state index in [9.17, 15) is 14.0 Å². The third-order valence-electron chi connectivity index (χ3n) is 6.89. The topological polar surface area (TPSA) is 86.0 Å². The number of halogens is 1. The summed E-state index contributed by atoms with van der Waals surface area (Å²) in [6.45, 7) is 5.83. The number of amides is 2. The third-order valence-corrected chi connectivity index (χ3v) is 6.89. The second kappa shape index (κ2) is 7.77. The van der Waals surface area contributed by atoms with E-state index < -0.39 is 5.41 Å². The summed E-state index contributed by atoms with van der Waals surface area (Å²) in [4.78, 5) is 29.6. The van der Waals surface area contributed by atoms with Crippen LogP contribution in [0.1, 0.15) is 57.3 Å². The first-order chi connectivity index (χ1) is 16.3. The molecule has 4 N–H and O–H groups in total. The Morgan fingerprint density at radius 2 is 1.91 bits per heavy atom. The molecule has 6 nitrogen and oxygen atoms in total. The van der Waals surface area contributed by atoms with Gasteiger partial charge in [-0.05, 0) is 62.2 Å². The smallest absolute Gasteiger partial charge is 0.251 e. The molecule has 2 aromatic carbocycles. The number of H-pyrrole nitrogens is 1. The van der Waals surface area contributed by atoms with E-state index in [0.717, 1.165) is 28.2 Å². The number of fused-ring (bicyclic) bond motifs is 2. The zero-order valence-electron chi connectivity index (χ0n) is 19.4. The number of aryl methyl sites for hydroxylation is 1. The molecule has 2 aliphatic rings. The van der Waals surface area contributed by atoms with Crippen molar-refractivity contribution in [3.05, 3.63) is 81.9 Å². The van der Waals surface area contributed by atoms with Crippen molar-refractivity contribution in [1.82, 2.24) is 10.3 Å². The van der Waals surface area contributed by atoms with Crippen LogP contribution in [0, 0.1) is 31.5 Å². The molecule has 1 aliphatic carbocycles. The quantitative estimate of drug-likeness (QED) is 0.432. The summed E-state index contributed by atoms with van der Waals surface area (Å²) < 4.78 is 13.2. The summed E-state index contributed by atoms with van der Waals surface area (Å²) in [6, 6.07) is 10.9. The van der Waals surface area contributed by atoms with Crippen LogP contribution in [-0.4, -0.2) is 23.8 Å². The zero-order chi connectivity index (χ0) is 24.2. The molecular weight excluding hydrogens is 431 g/mol. The molecule has 0 bridgehead atoms. The fraction of sp³-hybridized carbons (Fsp3) is 0.259. The molecule has 3 atom stereocenters. The van der Waals surface area contributed by atoms with Crippen molar-refractivity contribution in [1.29, 1.82) is 0 Å². The molecule has 0 saturated carbocycles. The lowest BCUT2D eigenvalue weighted by Crippen LogP contribution is -2.44. The lowest BCUT2D eigenvalue weighted by atomic mass is 9.64. The SMILES string of the molecule is CNc1c(C)[nH]c(C2C#CC23C(=O)Nc2ccc(C(=O)NC(C)c4ccc(F)cc4)cc23)c1C. The van der Waals surface area contributed by atoms with E-state index in [2.05, 4.69) is 32.8 Å². The van der Waals surface area contributed by atoms with E-state index in [-0.39, 0.29) is 29.6 Å². The lowest BCUT2D eigenvalue weighted by Gasteiger charge is -2.34. The summed E-state index contributed by atoms with van der Waals surface area (Å²) in [5.74, 6) is 5.17. The number of hydrogen-bond acceptors (Lipinski definition) is 3. The van der Waals surface area contributed by atoms with Crippen molar-refractivity contribution < 1.29 is 14.0 Å². The molecule has 2 amide bonds. The Bertz CT molecular complexity index is 1400. The number of aromatic nitrogens is 1. The van der Waals surface area contributed by atoms with E-state index in [0.29, 0.717) is 16.8 Å². The van der Waals surface area contributed by atoms with Gasteiger partial charge in [0.25, 0.3) is 5.91 Å². The summed E-state index contributed by atoms with van der Waals surface area (Å²) in [7, 11) is 1.87. The van der Waals surface area contributed by atoms with Crippen molar-refractivity contribution in [2.45, 2.75) is 38.1 Å². The highest BCUT2D eigenvalue weighted by Crippen LogP contribution is 2.52. The molecule has 1 aliphatic heterocycles. The fourth-order valence-corrected chi connectivity index (χ4v) is 5.00. The van der Waals surface area contributed by atoms with Crippen LogP contribution >= 0.6 is 0 Å². The first-order valence-corrected chi connectivity index (χ1v) is 11.2. The molecule has 1 spiro atoms. The van der Waals surface area contributed by atoms with Gasteiger partial charge in [0.15, 0.2) is 5.41 Å². The maximum atomic E-state index is 13.2. The van der Waals surface area contributed by atoms with Crippen molar-refractivity contribution in [2.24, 2.45) is 0 Å². The Hall–Kier alpha value is -4.05. The number of benzene rings is 2. The summed E-state index contributed by atoms with van der Waals surface area (Å²) in [5.41, 5.74) is 5.49. The first kappa shape index (κ1) is 21.8. The average molecular weight is 457 g/mol. The van der Waals surface area contributed by atoms with E-state index in [4.69, 9.17) is 0 Å². The predicted molar refractivity (Wildman–Crippen MR) is 129 cm³/mol. The van der Waals surface area contributed by atoms with Crippen molar-refractivity contribution in [3.63, 3.8) is 0 Å². The van der Waals surface area contributed by atoms with Gasteiger partial charge in [-0.3, -0.25) is 9.59 Å². The van der Waals surface area contributed by atoms with Crippen LogP contribution < -0.4 is 16.0 Å². The highest BCUT2D eigenvalue weighted by atomic mass is 19.1. The van der Waals surface area contributed by atoms with Gasteiger partial charge in [0.05, 0.1) is 17.6 Å². The van der Waals surface area contributed by atoms with Crippen molar-refractivity contribution in [2.75, 3.05) is 17.7 Å². The predicted octanol–water partition coefficient (Wildman–Crippen LogP) is 4.29. The number of aromatic amines is 1. The van der Waals surface area contributed by atoms with E-state index in [1.54, 1.807) is 30.3 Å². The third kappa shape index (κ3) is 3.10. The number of anilines is 2. The number of nitrogens with one attached hydrogen (secondary N) is 4. The van der Waals surface area contributed by atoms with Gasteiger partial charge in [0, 0.05) is 35.2 Å². The number of hydrogen-bond donors (Lipinski definition) is 4. The van der Waals surface area contributed by atoms with Crippen LogP contribution in [0.15, 0.2) is 42.5 Å². The van der Waals surface area contributed by atoms with Crippen molar-refractivity contribution in [3.8, 4) is 11.8 Å². The van der Waals surface area contributed by atoms with Gasteiger partial charge >= 0.3 is 0 Å². The molecule has 7 heteroatoms. The highest BCUT2D eigenvalue weighted by molar-refractivity contribution is 6.12. The zero-order valence-corrected chi connectivity index (χ0v) is 19.4. The Morgan fingerprint density at radius 1 is 1.18 bits per heavy atom. The fourth-order valence-electron chi connectivity index (χ4n) is 5.00. The van der Waals surface area contributed by atoms with Crippen LogP contribution in [0.4, 0.5) is 15.8 Å². The van der Waals surface area contributed by atoms with E-state index in [1.807, 2.05) is 27.8 Å². The van der Waals surface area contributed by atoms with E-state index in [1.165, 1.54) is 12.1 Å². The molecule has 0 saturated heterocycles. The van der Waals surface area contributed by atoms with Crippen LogP contribution in [0.3, 0.4) is 0 Å². The normalized spacial score (nSPS) is 20.6. The van der Waals surface area contributed by atoms with Crippen LogP contribution in [-0.2, 0) is 10.2 Å². The van der Waals surface area contributed by atoms with Crippen molar-refractivity contribution >= 4 is 23.2 Å². The molecule has 3 unspecified atom stereocenters. The summed E-state index contributed by atoms with van der Waals surface area (Å²) in [5, 5.41) is 9.10. The summed E-state index contributed by atoms with van der Waals surface area (Å²) >= 11 is 0. The Kier molecular flexibility index (Phi) is 4.98. The number of carbonyl (C=O) groups is 2. The molecular formula is C27H25FN4O2. The lowest BCUT2D eigenvalue weighted by molar-refractivity contribution is -0.119. The minimum atomic E-state index is -1.04. The van der Waals surface area contributed by atoms with Crippen LogP contribution in [0.25, 0.3) is 0 Å². The maximum absolute atomic E-state index is 13.2. The second-order valence-electron chi connectivity index (χ2n) is 8.89. The molecule has 34 heavy (non-hydrogen) atoms. The minimum Gasteiger partial charge on any atom is -0.386 e. The van der Waals surface area contributed by atoms with Gasteiger partial charge < -0.3 is 20.9 Å². The van der Waals surface area contributed by atoms with Gasteiger partial charge in [-0.15, -0.1) is 0 Å². The molecule has 3 aromatic rings. The van der Waals surface area contributed by atoms with Crippen LogP contribution in [0.2, 0.25) is 0 Å². The Labute approximate surface area is 197 Å². The number of rotatable bonds is 5. The number of carbonyl (C=O) groups excluding carboxylic acids is 2. The highest BCUT2D eigenvalue weighted by Gasteiger charge is 2.56. The van der Waals surface area contributed by atoms with Gasteiger partial charge in [-0.2, -0.15) is 0 Å². The second-order valence-corrected chi connectivity index (χ2v) is 8.89. The van der Waals surface area contributed by atoms with Crippen LogP contribution in [0.5, 0.6) is 0 Å².